The molecule has 1 aromatic rings. The van der Waals surface area contributed by atoms with Crippen LogP contribution in [-0.2, 0) is 0 Å². The maximum absolute atomic E-state index is 13.5. The van der Waals surface area contributed by atoms with E-state index < -0.39 is 29.9 Å². The minimum atomic E-state index is -2.82. The van der Waals surface area contributed by atoms with Crippen LogP contribution >= 0.6 is 40.7 Å². The normalized spacial score (nSPS) is 16.8. The van der Waals surface area contributed by atoms with E-state index in [2.05, 4.69) is 21.2 Å². The second kappa shape index (κ2) is 9.12. The molecule has 0 aliphatic carbocycles. The third kappa shape index (κ3) is 4.38. The molecular formula is C12H15BrCl2F4N2O. The van der Waals surface area contributed by atoms with Crippen LogP contribution < -0.4 is 5.32 Å². The van der Waals surface area contributed by atoms with E-state index in [1.165, 1.54) is 4.90 Å². The van der Waals surface area contributed by atoms with Gasteiger partial charge in [-0.3, -0.25) is 4.90 Å². The molecule has 0 amide bonds. The predicted octanol–water partition coefficient (Wildman–Crippen LogP) is 3.49. The summed E-state index contributed by atoms with van der Waals surface area (Å²) in [7, 11) is 0. The fourth-order valence-corrected chi connectivity index (χ4v) is 2.70. The summed E-state index contributed by atoms with van der Waals surface area (Å²) < 4.78 is 53.1. The van der Waals surface area contributed by atoms with Crippen LogP contribution in [0.25, 0.3) is 0 Å². The van der Waals surface area contributed by atoms with Gasteiger partial charge in [-0.2, -0.15) is 4.39 Å². The van der Waals surface area contributed by atoms with Crippen LogP contribution in [0.1, 0.15) is 11.6 Å². The number of benzene rings is 1. The zero-order valence-corrected chi connectivity index (χ0v) is 14.4. The van der Waals surface area contributed by atoms with Gasteiger partial charge in [-0.1, -0.05) is 0 Å². The van der Waals surface area contributed by atoms with E-state index in [9.17, 15) is 22.7 Å². The Morgan fingerprint density at radius 3 is 2.18 bits per heavy atom. The molecule has 3 nitrogen and oxygen atoms in total. The third-order valence-corrected chi connectivity index (χ3v) is 3.85. The lowest BCUT2D eigenvalue weighted by Gasteiger charge is -2.35. The topological polar surface area (TPSA) is 35.5 Å². The average molecular weight is 430 g/mol. The molecule has 0 unspecified atom stereocenters. The van der Waals surface area contributed by atoms with E-state index in [1.54, 1.807) is 0 Å². The maximum Gasteiger partial charge on any atom is 0.258 e. The Morgan fingerprint density at radius 1 is 1.14 bits per heavy atom. The second-order valence-corrected chi connectivity index (χ2v) is 5.34. The summed E-state index contributed by atoms with van der Waals surface area (Å²) >= 11 is 2.77. The van der Waals surface area contributed by atoms with Gasteiger partial charge in [0.05, 0.1) is 4.47 Å². The van der Waals surface area contributed by atoms with E-state index in [1.807, 2.05) is 0 Å². The number of hydrogen-bond donors (Lipinski definition) is 2. The highest BCUT2D eigenvalue weighted by Gasteiger charge is 2.34. The zero-order chi connectivity index (χ0) is 14.9. The molecule has 1 aliphatic heterocycles. The molecule has 1 atom stereocenters. The molecule has 1 aliphatic rings. The SMILES string of the molecule is Cl.Cl.Oc1c([C@H](C(F)F)N2CCNCC2)cc(Br)c(F)c1F. The molecule has 1 saturated heterocycles. The number of phenols is 1. The van der Waals surface area contributed by atoms with Crippen molar-refractivity contribution in [2.75, 3.05) is 26.2 Å². The highest BCUT2D eigenvalue weighted by atomic mass is 79.9. The molecule has 22 heavy (non-hydrogen) atoms. The Labute approximate surface area is 146 Å². The molecule has 1 heterocycles. The van der Waals surface area contributed by atoms with Gasteiger partial charge in [0.15, 0.2) is 11.6 Å². The van der Waals surface area contributed by atoms with Gasteiger partial charge in [0.25, 0.3) is 6.43 Å². The van der Waals surface area contributed by atoms with Gasteiger partial charge >= 0.3 is 0 Å². The number of nitrogens with one attached hydrogen (secondary N) is 1. The lowest BCUT2D eigenvalue weighted by molar-refractivity contribution is 0.0167. The molecule has 0 bridgehead atoms. The van der Waals surface area contributed by atoms with Gasteiger partial charge in [-0.05, 0) is 22.0 Å². The first kappa shape index (κ1) is 21.7. The molecule has 0 saturated carbocycles. The molecule has 1 aromatic carbocycles. The van der Waals surface area contributed by atoms with Gasteiger partial charge < -0.3 is 10.4 Å². The number of phenolic OH excluding ortho intramolecular Hbond substituents is 1. The average Bonchev–Trinajstić information content (AvgIpc) is 2.43. The van der Waals surface area contributed by atoms with Crippen molar-refractivity contribution in [3.05, 3.63) is 27.7 Å². The van der Waals surface area contributed by atoms with Gasteiger partial charge in [-0.15, -0.1) is 24.8 Å². The summed E-state index contributed by atoms with van der Waals surface area (Å²) in [5, 5.41) is 12.7. The van der Waals surface area contributed by atoms with E-state index >= 15 is 0 Å². The number of aromatic hydroxyl groups is 1. The number of rotatable bonds is 3. The fourth-order valence-electron chi connectivity index (χ4n) is 2.28. The standard InChI is InChI=1S/C12H13BrF4N2O.2ClH/c13-7-5-6(11(20)9(15)8(7)14)10(12(16)17)19-3-1-18-2-4-19;;/h5,10,12,18,20H,1-4H2;2*1H/t10-;;/m1../s1. The molecule has 1 fully saturated rings. The van der Waals surface area contributed by atoms with E-state index in [0.717, 1.165) is 6.07 Å². The Morgan fingerprint density at radius 2 is 1.68 bits per heavy atom. The summed E-state index contributed by atoms with van der Waals surface area (Å²) in [6.07, 6.45) is -2.82. The minimum absolute atomic E-state index is 0. The Hall–Kier alpha value is -0.280. The molecular weight excluding hydrogens is 415 g/mol. The van der Waals surface area contributed by atoms with Crippen LogP contribution in [0.3, 0.4) is 0 Å². The van der Waals surface area contributed by atoms with Gasteiger partial charge in [0.2, 0.25) is 5.82 Å². The predicted molar refractivity (Wildman–Crippen MR) is 83.4 cm³/mol. The Bertz CT molecular complexity index is 505. The van der Waals surface area contributed by atoms with Crippen LogP contribution in [0.2, 0.25) is 0 Å². The van der Waals surface area contributed by atoms with Crippen molar-refractivity contribution in [3.8, 4) is 5.75 Å². The highest BCUT2D eigenvalue weighted by molar-refractivity contribution is 9.10. The molecule has 2 N–H and O–H groups in total. The van der Waals surface area contributed by atoms with Crippen molar-refractivity contribution in [3.63, 3.8) is 0 Å². The third-order valence-electron chi connectivity index (χ3n) is 3.27. The molecule has 2 rings (SSSR count). The quantitative estimate of drug-likeness (QED) is 0.570. The molecule has 10 heteroatoms. The van der Waals surface area contributed by atoms with Gasteiger partial charge in [0.1, 0.15) is 6.04 Å². The Kier molecular flexibility index (Phi) is 9.01. The second-order valence-electron chi connectivity index (χ2n) is 4.49. The molecule has 0 radical (unpaired) electrons. The summed E-state index contributed by atoms with van der Waals surface area (Å²) in [6, 6.07) is -0.462. The summed E-state index contributed by atoms with van der Waals surface area (Å²) in [5.41, 5.74) is -0.312. The maximum atomic E-state index is 13.5. The number of piperazine rings is 1. The van der Waals surface area contributed by atoms with Crippen molar-refractivity contribution >= 4 is 40.7 Å². The number of nitrogens with zero attached hydrogens (tertiary/aromatic N) is 1. The van der Waals surface area contributed by atoms with Crippen molar-refractivity contribution in [1.82, 2.24) is 10.2 Å². The fraction of sp³-hybridized carbons (Fsp3) is 0.500. The lowest BCUT2D eigenvalue weighted by Crippen LogP contribution is -2.47. The molecule has 128 valence electrons. The zero-order valence-electron chi connectivity index (χ0n) is 11.2. The molecule has 0 aromatic heterocycles. The highest BCUT2D eigenvalue weighted by Crippen LogP contribution is 2.38. The first-order valence-corrected chi connectivity index (χ1v) is 6.82. The smallest absolute Gasteiger partial charge is 0.258 e. The van der Waals surface area contributed by atoms with Gasteiger partial charge in [-0.25, -0.2) is 13.2 Å². The van der Waals surface area contributed by atoms with Crippen LogP contribution in [0.5, 0.6) is 5.75 Å². The lowest BCUT2D eigenvalue weighted by atomic mass is 10.0. The van der Waals surface area contributed by atoms with E-state index in [4.69, 9.17) is 0 Å². The summed E-state index contributed by atoms with van der Waals surface area (Å²) in [4.78, 5) is 1.44. The van der Waals surface area contributed by atoms with Crippen LogP contribution in [0.4, 0.5) is 17.6 Å². The number of alkyl halides is 2. The van der Waals surface area contributed by atoms with Gasteiger partial charge in [0, 0.05) is 31.7 Å². The molecule has 0 spiro atoms. The van der Waals surface area contributed by atoms with Crippen molar-refractivity contribution < 1.29 is 22.7 Å². The summed E-state index contributed by atoms with van der Waals surface area (Å²) in [5.74, 6) is -3.87. The number of halogens is 7. The van der Waals surface area contributed by atoms with Crippen molar-refractivity contribution in [2.45, 2.75) is 12.5 Å². The first-order valence-electron chi connectivity index (χ1n) is 6.02. The summed E-state index contributed by atoms with van der Waals surface area (Å²) in [6.45, 7) is 1.72. The number of hydrogen-bond acceptors (Lipinski definition) is 3. The van der Waals surface area contributed by atoms with Crippen LogP contribution in [0, 0.1) is 11.6 Å². The minimum Gasteiger partial charge on any atom is -0.505 e. The first-order chi connectivity index (χ1) is 9.43. The largest absolute Gasteiger partial charge is 0.505 e. The monoisotopic (exact) mass is 428 g/mol. The Balaban J connectivity index is 0.00000220. The van der Waals surface area contributed by atoms with Crippen LogP contribution in [-0.4, -0.2) is 42.6 Å². The van der Waals surface area contributed by atoms with Crippen LogP contribution in [0.15, 0.2) is 10.5 Å². The van der Waals surface area contributed by atoms with E-state index in [-0.39, 0.29) is 34.9 Å². The van der Waals surface area contributed by atoms with Crippen molar-refractivity contribution in [1.29, 1.82) is 0 Å². The van der Waals surface area contributed by atoms with E-state index in [0.29, 0.717) is 26.2 Å². The van der Waals surface area contributed by atoms with Crippen molar-refractivity contribution in [2.24, 2.45) is 0 Å².